The Hall–Kier alpha value is -4.14. The van der Waals surface area contributed by atoms with Crippen LogP contribution in [0.2, 0.25) is 0 Å². The molecule has 1 aliphatic heterocycles. The molecule has 0 bridgehead atoms. The number of carbonyl (C=O) groups excluding carboxylic acids is 4. The molecule has 2 aromatic rings. The van der Waals surface area contributed by atoms with Crippen LogP contribution in [0.3, 0.4) is 0 Å². The largest absolute Gasteiger partial charge is 0.495 e. The second kappa shape index (κ2) is 9.12. The molecule has 0 spiro atoms. The molecule has 1 saturated heterocycles. The quantitative estimate of drug-likeness (QED) is 0.328. The molecule has 0 unspecified atom stereocenters. The summed E-state index contributed by atoms with van der Waals surface area (Å²) in [7, 11) is 1.41. The number of carbonyl (C=O) groups is 4. The third-order valence-corrected chi connectivity index (χ3v) is 4.26. The second-order valence-corrected chi connectivity index (χ2v) is 6.36. The zero-order valence-corrected chi connectivity index (χ0v) is 17.1. The minimum absolute atomic E-state index is 0.200. The van der Waals surface area contributed by atoms with E-state index >= 15 is 0 Å². The maximum atomic E-state index is 13.1. The van der Waals surface area contributed by atoms with Crippen molar-refractivity contribution in [2.24, 2.45) is 0 Å². The van der Waals surface area contributed by atoms with E-state index in [1.165, 1.54) is 38.3 Å². The van der Waals surface area contributed by atoms with Gasteiger partial charge in [0.2, 0.25) is 0 Å². The Morgan fingerprint density at radius 1 is 1.06 bits per heavy atom. The van der Waals surface area contributed by atoms with Gasteiger partial charge in [0, 0.05) is 6.92 Å². The van der Waals surface area contributed by atoms with Crippen LogP contribution in [0.15, 0.2) is 48.0 Å². The van der Waals surface area contributed by atoms with E-state index in [9.17, 15) is 19.2 Å². The Morgan fingerprint density at radius 2 is 1.81 bits per heavy atom. The molecule has 160 valence electrons. The van der Waals surface area contributed by atoms with Crippen LogP contribution in [0.25, 0.3) is 6.08 Å². The third-order valence-electron chi connectivity index (χ3n) is 4.26. The van der Waals surface area contributed by atoms with Crippen molar-refractivity contribution in [1.29, 1.82) is 0 Å². The average Bonchev–Trinajstić information content (AvgIpc) is 2.73. The number of esters is 1. The normalized spacial score (nSPS) is 15.0. The summed E-state index contributed by atoms with van der Waals surface area (Å²) in [4.78, 5) is 50.0. The van der Waals surface area contributed by atoms with E-state index in [-0.39, 0.29) is 22.8 Å². The molecule has 3 rings (SSSR count). The Bertz CT molecular complexity index is 1090. The zero-order chi connectivity index (χ0) is 22.5. The molecule has 0 radical (unpaired) electrons. The van der Waals surface area contributed by atoms with E-state index in [2.05, 4.69) is 5.32 Å². The van der Waals surface area contributed by atoms with Crippen LogP contribution in [0, 0.1) is 0 Å². The number of nitrogens with zero attached hydrogens (tertiary/aromatic N) is 1. The third kappa shape index (κ3) is 4.55. The molecule has 9 nitrogen and oxygen atoms in total. The lowest BCUT2D eigenvalue weighted by Gasteiger charge is -2.27. The predicted octanol–water partition coefficient (Wildman–Crippen LogP) is 2.69. The van der Waals surface area contributed by atoms with Crippen LogP contribution in [0.4, 0.5) is 10.5 Å². The van der Waals surface area contributed by atoms with Crippen LogP contribution in [-0.4, -0.2) is 37.5 Å². The summed E-state index contributed by atoms with van der Waals surface area (Å²) in [5.41, 5.74) is 0.381. The SMILES string of the molecule is CCOc1cc(/C=C2/C(=O)NC(=O)N(c3ccccc3OC)C2=O)ccc1OC(C)=O. The van der Waals surface area contributed by atoms with Gasteiger partial charge in [-0.2, -0.15) is 0 Å². The minimum atomic E-state index is -0.878. The molecular formula is C22H20N2O7. The number of amides is 4. The van der Waals surface area contributed by atoms with Gasteiger partial charge in [-0.1, -0.05) is 18.2 Å². The van der Waals surface area contributed by atoms with Crippen molar-refractivity contribution in [3.05, 3.63) is 53.6 Å². The maximum absolute atomic E-state index is 13.1. The van der Waals surface area contributed by atoms with Crippen molar-refractivity contribution >= 4 is 35.6 Å². The lowest BCUT2D eigenvalue weighted by molar-refractivity contribution is -0.132. The van der Waals surface area contributed by atoms with Gasteiger partial charge in [0.05, 0.1) is 19.4 Å². The predicted molar refractivity (Wildman–Crippen MR) is 111 cm³/mol. The van der Waals surface area contributed by atoms with Gasteiger partial charge in [0.1, 0.15) is 11.3 Å². The van der Waals surface area contributed by atoms with Crippen LogP contribution in [0.1, 0.15) is 19.4 Å². The van der Waals surface area contributed by atoms with Gasteiger partial charge in [0.15, 0.2) is 11.5 Å². The number of imide groups is 2. The number of methoxy groups -OCH3 is 1. The first-order valence-corrected chi connectivity index (χ1v) is 9.35. The molecule has 9 heteroatoms. The molecule has 0 atom stereocenters. The van der Waals surface area contributed by atoms with Gasteiger partial charge in [0.25, 0.3) is 11.8 Å². The molecule has 2 aromatic carbocycles. The molecule has 0 aromatic heterocycles. The first-order valence-electron chi connectivity index (χ1n) is 9.35. The number of barbiturate groups is 1. The molecule has 1 N–H and O–H groups in total. The zero-order valence-electron chi connectivity index (χ0n) is 17.1. The molecule has 4 amide bonds. The first-order chi connectivity index (χ1) is 14.8. The molecule has 0 aliphatic carbocycles. The maximum Gasteiger partial charge on any atom is 0.336 e. The monoisotopic (exact) mass is 424 g/mol. The molecule has 0 saturated carbocycles. The van der Waals surface area contributed by atoms with E-state index < -0.39 is 23.8 Å². The fourth-order valence-corrected chi connectivity index (χ4v) is 2.98. The number of hydrogen-bond acceptors (Lipinski definition) is 7. The average molecular weight is 424 g/mol. The highest BCUT2D eigenvalue weighted by atomic mass is 16.6. The fraction of sp³-hybridized carbons (Fsp3) is 0.182. The number of hydrogen-bond donors (Lipinski definition) is 1. The highest BCUT2D eigenvalue weighted by molar-refractivity contribution is 6.39. The van der Waals surface area contributed by atoms with E-state index in [0.29, 0.717) is 17.9 Å². The smallest absolute Gasteiger partial charge is 0.336 e. The summed E-state index contributed by atoms with van der Waals surface area (Å²) in [6, 6.07) is 10.2. The van der Waals surface area contributed by atoms with Crippen molar-refractivity contribution in [3.63, 3.8) is 0 Å². The first kappa shape index (κ1) is 21.6. The van der Waals surface area contributed by atoms with Crippen LogP contribution in [0.5, 0.6) is 17.2 Å². The Balaban J connectivity index is 2.02. The summed E-state index contributed by atoms with van der Waals surface area (Å²) in [6.45, 7) is 3.33. The van der Waals surface area contributed by atoms with Crippen LogP contribution in [-0.2, 0) is 14.4 Å². The fourth-order valence-electron chi connectivity index (χ4n) is 2.98. The molecule has 31 heavy (non-hydrogen) atoms. The van der Waals surface area contributed by atoms with Gasteiger partial charge in [-0.15, -0.1) is 0 Å². The van der Waals surface area contributed by atoms with E-state index in [1.54, 1.807) is 31.2 Å². The van der Waals surface area contributed by atoms with Gasteiger partial charge in [-0.25, -0.2) is 9.69 Å². The summed E-state index contributed by atoms with van der Waals surface area (Å²) in [5.74, 6) is -1.37. The summed E-state index contributed by atoms with van der Waals surface area (Å²) in [5, 5.41) is 2.16. The molecule has 1 aliphatic rings. The van der Waals surface area contributed by atoms with Crippen LogP contribution >= 0.6 is 0 Å². The second-order valence-electron chi connectivity index (χ2n) is 6.36. The summed E-state index contributed by atoms with van der Waals surface area (Å²) in [6.07, 6.45) is 1.33. The van der Waals surface area contributed by atoms with Gasteiger partial charge in [-0.3, -0.25) is 19.7 Å². The number of ether oxygens (including phenoxy) is 3. The minimum Gasteiger partial charge on any atom is -0.495 e. The van der Waals surface area contributed by atoms with Crippen molar-refractivity contribution in [1.82, 2.24) is 5.32 Å². The molecule has 1 heterocycles. The topological polar surface area (TPSA) is 111 Å². The number of para-hydroxylation sites is 2. The van der Waals surface area contributed by atoms with Gasteiger partial charge in [-0.05, 0) is 42.8 Å². The Morgan fingerprint density at radius 3 is 2.48 bits per heavy atom. The highest BCUT2D eigenvalue weighted by Gasteiger charge is 2.38. The molecular weight excluding hydrogens is 404 g/mol. The number of nitrogens with one attached hydrogen (secondary N) is 1. The van der Waals surface area contributed by atoms with E-state index in [4.69, 9.17) is 14.2 Å². The van der Waals surface area contributed by atoms with E-state index in [1.807, 2.05) is 0 Å². The van der Waals surface area contributed by atoms with Gasteiger partial charge >= 0.3 is 12.0 Å². The summed E-state index contributed by atoms with van der Waals surface area (Å²) < 4.78 is 15.8. The van der Waals surface area contributed by atoms with Crippen LogP contribution < -0.4 is 24.4 Å². The van der Waals surface area contributed by atoms with Crippen molar-refractivity contribution < 1.29 is 33.4 Å². The lowest BCUT2D eigenvalue weighted by Crippen LogP contribution is -2.54. The van der Waals surface area contributed by atoms with Crippen molar-refractivity contribution in [2.45, 2.75) is 13.8 Å². The van der Waals surface area contributed by atoms with E-state index in [0.717, 1.165) is 4.90 Å². The Kier molecular flexibility index (Phi) is 6.35. The lowest BCUT2D eigenvalue weighted by atomic mass is 10.1. The number of anilines is 1. The number of rotatable bonds is 6. The number of benzene rings is 2. The number of urea groups is 1. The molecule has 1 fully saturated rings. The van der Waals surface area contributed by atoms with Crippen molar-refractivity contribution in [2.75, 3.05) is 18.6 Å². The highest BCUT2D eigenvalue weighted by Crippen LogP contribution is 2.32. The van der Waals surface area contributed by atoms with Crippen molar-refractivity contribution in [3.8, 4) is 17.2 Å². The van der Waals surface area contributed by atoms with Gasteiger partial charge < -0.3 is 14.2 Å². The Labute approximate surface area is 178 Å². The standard InChI is InChI=1S/C22H20N2O7/c1-4-30-19-12-14(9-10-18(19)31-13(2)25)11-15-20(26)23-22(28)24(21(15)27)16-7-5-6-8-17(16)29-3/h5-12H,4H2,1-3H3,(H,23,26,28)/b15-11-. The summed E-state index contributed by atoms with van der Waals surface area (Å²) >= 11 is 0.